The van der Waals surface area contributed by atoms with E-state index in [2.05, 4.69) is 4.98 Å². The van der Waals surface area contributed by atoms with Crippen LogP contribution in [0.2, 0.25) is 10.0 Å². The number of nitrogens with zero attached hydrogens (tertiary/aromatic N) is 2. The van der Waals surface area contributed by atoms with Gasteiger partial charge in [0, 0.05) is 22.5 Å². The maximum absolute atomic E-state index is 12.2. The zero-order valence-corrected chi connectivity index (χ0v) is 12.8. The van der Waals surface area contributed by atoms with E-state index in [1.54, 1.807) is 35.0 Å². The summed E-state index contributed by atoms with van der Waals surface area (Å²) < 4.78 is 0. The Morgan fingerprint density at radius 2 is 2.16 bits per heavy atom. The fraction of sp³-hybridized carbons (Fsp3) is 0.231. The Bertz CT molecular complexity index is 586. The molecule has 0 fully saturated rings. The number of hydrogen-bond acceptors (Lipinski definition) is 3. The van der Waals surface area contributed by atoms with E-state index in [9.17, 15) is 4.79 Å². The van der Waals surface area contributed by atoms with Gasteiger partial charge in [0.25, 0.3) is 5.91 Å². The molecule has 0 saturated carbocycles. The second-order valence-electron chi connectivity index (χ2n) is 4.13. The molecule has 6 heteroatoms. The van der Waals surface area contributed by atoms with Gasteiger partial charge in [-0.3, -0.25) is 4.79 Å². The first kappa shape index (κ1) is 14.3. The maximum atomic E-state index is 12.2. The van der Waals surface area contributed by atoms with Gasteiger partial charge in [0.05, 0.1) is 11.6 Å². The maximum Gasteiger partial charge on any atom is 0.273 e. The van der Waals surface area contributed by atoms with Crippen LogP contribution >= 0.6 is 34.5 Å². The lowest BCUT2D eigenvalue weighted by Crippen LogP contribution is -2.30. The number of carbonyl (C=O) groups excluding carboxylic acids is 1. The van der Waals surface area contributed by atoms with Crippen molar-refractivity contribution in [1.82, 2.24) is 9.88 Å². The Kier molecular flexibility index (Phi) is 4.45. The minimum Gasteiger partial charge on any atom is -0.334 e. The summed E-state index contributed by atoms with van der Waals surface area (Å²) in [5.41, 5.74) is 2.95. The molecule has 1 amide bonds. The molecule has 0 aliphatic carbocycles. The molecule has 0 aliphatic rings. The highest BCUT2D eigenvalue weighted by Gasteiger charge is 2.21. The van der Waals surface area contributed by atoms with E-state index < -0.39 is 0 Å². The van der Waals surface area contributed by atoms with Crippen molar-refractivity contribution in [3.63, 3.8) is 0 Å². The third-order valence-electron chi connectivity index (χ3n) is 2.97. The average Bonchev–Trinajstić information content (AvgIpc) is 2.90. The molecule has 2 aromatic rings. The average molecular weight is 315 g/mol. The number of aromatic nitrogens is 1. The molecule has 0 N–H and O–H groups in total. The van der Waals surface area contributed by atoms with E-state index in [-0.39, 0.29) is 11.9 Å². The van der Waals surface area contributed by atoms with Gasteiger partial charge in [0.2, 0.25) is 0 Å². The van der Waals surface area contributed by atoms with E-state index >= 15 is 0 Å². The van der Waals surface area contributed by atoms with Gasteiger partial charge in [-0.05, 0) is 24.6 Å². The molecule has 1 aromatic heterocycles. The van der Waals surface area contributed by atoms with Crippen LogP contribution in [0.3, 0.4) is 0 Å². The summed E-state index contributed by atoms with van der Waals surface area (Å²) in [5.74, 6) is -0.125. The van der Waals surface area contributed by atoms with Crippen LogP contribution in [-0.4, -0.2) is 22.8 Å². The van der Waals surface area contributed by atoms with Crippen molar-refractivity contribution in [2.75, 3.05) is 7.05 Å². The standard InChI is InChI=1S/C13H12Cl2N2OS/c1-8(10-4-3-9(14)5-11(10)15)17(2)13(18)12-6-19-7-16-12/h3-8H,1-2H3. The summed E-state index contributed by atoms with van der Waals surface area (Å²) in [4.78, 5) is 17.8. The van der Waals surface area contributed by atoms with Gasteiger partial charge >= 0.3 is 0 Å². The molecule has 1 aromatic carbocycles. The Balaban J connectivity index is 2.23. The van der Waals surface area contributed by atoms with Gasteiger partial charge in [0.15, 0.2) is 0 Å². The number of benzene rings is 1. The molecule has 0 radical (unpaired) electrons. The summed E-state index contributed by atoms with van der Waals surface area (Å²) in [6.07, 6.45) is 0. The summed E-state index contributed by atoms with van der Waals surface area (Å²) in [7, 11) is 1.73. The van der Waals surface area contributed by atoms with Crippen LogP contribution in [-0.2, 0) is 0 Å². The molecule has 1 heterocycles. The summed E-state index contributed by atoms with van der Waals surface area (Å²) in [6.45, 7) is 1.92. The molecule has 0 spiro atoms. The number of halogens is 2. The lowest BCUT2D eigenvalue weighted by atomic mass is 10.1. The monoisotopic (exact) mass is 314 g/mol. The van der Waals surface area contributed by atoms with E-state index in [1.807, 2.05) is 13.0 Å². The number of hydrogen-bond donors (Lipinski definition) is 0. The zero-order valence-electron chi connectivity index (χ0n) is 10.4. The van der Waals surface area contributed by atoms with Crippen molar-refractivity contribution in [2.24, 2.45) is 0 Å². The molecule has 2 rings (SSSR count). The minimum absolute atomic E-state index is 0.125. The quantitative estimate of drug-likeness (QED) is 0.847. The highest BCUT2D eigenvalue weighted by molar-refractivity contribution is 7.07. The third-order valence-corrected chi connectivity index (χ3v) is 4.11. The van der Waals surface area contributed by atoms with E-state index in [0.29, 0.717) is 15.7 Å². The van der Waals surface area contributed by atoms with Gasteiger partial charge < -0.3 is 4.90 Å². The van der Waals surface area contributed by atoms with Crippen LogP contribution in [0.1, 0.15) is 29.0 Å². The number of thiazole rings is 1. The predicted molar refractivity (Wildman–Crippen MR) is 79.1 cm³/mol. The molecule has 100 valence electrons. The van der Waals surface area contributed by atoms with Gasteiger partial charge in [-0.2, -0.15) is 0 Å². The van der Waals surface area contributed by atoms with Crippen molar-refractivity contribution < 1.29 is 4.79 Å². The van der Waals surface area contributed by atoms with Crippen LogP contribution in [0.15, 0.2) is 29.1 Å². The van der Waals surface area contributed by atoms with Crippen molar-refractivity contribution in [1.29, 1.82) is 0 Å². The van der Waals surface area contributed by atoms with Crippen molar-refractivity contribution in [3.8, 4) is 0 Å². The number of amides is 1. The van der Waals surface area contributed by atoms with Crippen LogP contribution in [0.25, 0.3) is 0 Å². The molecule has 0 saturated heterocycles. The highest BCUT2D eigenvalue weighted by Crippen LogP contribution is 2.29. The smallest absolute Gasteiger partial charge is 0.273 e. The second-order valence-corrected chi connectivity index (χ2v) is 5.69. The lowest BCUT2D eigenvalue weighted by molar-refractivity contribution is 0.0737. The Labute approximate surface area is 125 Å². The normalized spacial score (nSPS) is 12.2. The van der Waals surface area contributed by atoms with Gasteiger partial charge in [-0.25, -0.2) is 4.98 Å². The Hall–Kier alpha value is -1.10. The van der Waals surface area contributed by atoms with Gasteiger partial charge in [0.1, 0.15) is 5.69 Å². The molecule has 19 heavy (non-hydrogen) atoms. The van der Waals surface area contributed by atoms with Crippen LogP contribution < -0.4 is 0 Å². The zero-order chi connectivity index (χ0) is 14.0. The minimum atomic E-state index is -0.154. The summed E-state index contributed by atoms with van der Waals surface area (Å²) in [5, 5.41) is 2.86. The largest absolute Gasteiger partial charge is 0.334 e. The molecule has 1 unspecified atom stereocenters. The number of carbonyl (C=O) groups is 1. The van der Waals surface area contributed by atoms with Crippen molar-refractivity contribution in [2.45, 2.75) is 13.0 Å². The van der Waals surface area contributed by atoms with Gasteiger partial charge in [-0.15, -0.1) is 11.3 Å². The van der Waals surface area contributed by atoms with E-state index in [1.165, 1.54) is 11.3 Å². The van der Waals surface area contributed by atoms with Crippen molar-refractivity contribution >= 4 is 40.4 Å². The van der Waals surface area contributed by atoms with E-state index in [4.69, 9.17) is 23.2 Å². The summed E-state index contributed by atoms with van der Waals surface area (Å²) in [6, 6.07) is 5.12. The molecule has 3 nitrogen and oxygen atoms in total. The van der Waals surface area contributed by atoms with Crippen molar-refractivity contribution in [3.05, 3.63) is 50.4 Å². The molecular formula is C13H12Cl2N2OS. The fourth-order valence-corrected chi connectivity index (χ4v) is 2.82. The molecule has 0 bridgehead atoms. The number of rotatable bonds is 3. The topological polar surface area (TPSA) is 33.2 Å². The first-order valence-corrected chi connectivity index (χ1v) is 7.31. The van der Waals surface area contributed by atoms with E-state index in [0.717, 1.165) is 5.56 Å². The Morgan fingerprint density at radius 3 is 2.74 bits per heavy atom. The highest BCUT2D eigenvalue weighted by atomic mass is 35.5. The third kappa shape index (κ3) is 3.08. The lowest BCUT2D eigenvalue weighted by Gasteiger charge is -2.25. The first-order valence-electron chi connectivity index (χ1n) is 5.61. The summed E-state index contributed by atoms with van der Waals surface area (Å²) >= 11 is 13.4. The fourth-order valence-electron chi connectivity index (χ4n) is 1.72. The van der Waals surface area contributed by atoms with Crippen LogP contribution in [0, 0.1) is 0 Å². The second kappa shape index (κ2) is 5.90. The van der Waals surface area contributed by atoms with Gasteiger partial charge in [-0.1, -0.05) is 29.3 Å². The SMILES string of the molecule is CC(c1ccc(Cl)cc1Cl)N(C)C(=O)c1cscn1. The predicted octanol–water partition coefficient (Wildman–Crippen LogP) is 4.28. The Morgan fingerprint density at radius 1 is 1.42 bits per heavy atom. The first-order chi connectivity index (χ1) is 9.00. The molecular weight excluding hydrogens is 303 g/mol. The molecule has 1 atom stereocenters. The van der Waals surface area contributed by atoms with Crippen LogP contribution in [0.4, 0.5) is 0 Å². The molecule has 0 aliphatic heterocycles. The van der Waals surface area contributed by atoms with Crippen LogP contribution in [0.5, 0.6) is 0 Å².